The van der Waals surface area contributed by atoms with Gasteiger partial charge in [-0.05, 0) is 25.7 Å². The molecule has 2 aromatic rings. The molecule has 0 unspecified atom stereocenters. The van der Waals surface area contributed by atoms with Crippen molar-refractivity contribution in [3.05, 3.63) is 31.0 Å². The number of aryl methyl sites for hydroxylation is 1. The first-order chi connectivity index (χ1) is 12.1. The molecule has 3 fully saturated rings. The maximum atomic E-state index is 13.1. The predicted molar refractivity (Wildman–Crippen MR) is 92.5 cm³/mol. The predicted octanol–water partition coefficient (Wildman–Crippen LogP) is 0.982. The van der Waals surface area contributed by atoms with E-state index in [-0.39, 0.29) is 10.9 Å². The Morgan fingerprint density at radius 2 is 2.04 bits per heavy atom. The van der Waals surface area contributed by atoms with Crippen molar-refractivity contribution in [3.8, 4) is 0 Å². The van der Waals surface area contributed by atoms with Gasteiger partial charge in [-0.1, -0.05) is 0 Å². The Kier molecular flexibility index (Phi) is 4.20. The summed E-state index contributed by atoms with van der Waals surface area (Å²) in [5.41, 5.74) is 0. The third-order valence-corrected chi connectivity index (χ3v) is 6.95. The van der Waals surface area contributed by atoms with Gasteiger partial charge in [0, 0.05) is 50.8 Å². The number of hydrogen-bond donors (Lipinski definition) is 0. The highest BCUT2D eigenvalue weighted by Gasteiger charge is 2.41. The Morgan fingerprint density at radius 1 is 1.16 bits per heavy atom. The maximum absolute atomic E-state index is 13.1. The lowest BCUT2D eigenvalue weighted by atomic mass is 9.97. The van der Waals surface area contributed by atoms with E-state index in [0.29, 0.717) is 25.6 Å². The molecule has 0 aromatic carbocycles. The van der Waals surface area contributed by atoms with E-state index in [1.165, 1.54) is 6.20 Å². The van der Waals surface area contributed by atoms with Crippen LogP contribution in [-0.4, -0.2) is 58.1 Å². The molecule has 2 aromatic heterocycles. The van der Waals surface area contributed by atoms with Crippen molar-refractivity contribution in [2.45, 2.75) is 37.2 Å². The standard InChI is InChI=1S/C16H22N6O2S/c1-2-21-12-15(7-19-21)25(23,24)22-10-13-3-4-14(22)11-20(9-13)16-8-17-5-6-18-16/h5-8,12-14H,2-4,9-11H2,1H3/t13-,14+/m0/s1. The molecule has 0 N–H and O–H groups in total. The summed E-state index contributed by atoms with van der Waals surface area (Å²) in [4.78, 5) is 11.0. The van der Waals surface area contributed by atoms with Crippen molar-refractivity contribution in [3.63, 3.8) is 0 Å². The van der Waals surface area contributed by atoms with E-state index in [2.05, 4.69) is 20.0 Å². The van der Waals surface area contributed by atoms with Gasteiger partial charge in [-0.2, -0.15) is 9.40 Å². The topological polar surface area (TPSA) is 84.2 Å². The first-order valence-electron chi connectivity index (χ1n) is 8.63. The van der Waals surface area contributed by atoms with Crippen LogP contribution in [0.5, 0.6) is 0 Å². The number of hydrogen-bond acceptors (Lipinski definition) is 6. The van der Waals surface area contributed by atoms with E-state index in [0.717, 1.165) is 25.2 Å². The molecule has 0 spiro atoms. The van der Waals surface area contributed by atoms with Gasteiger partial charge in [0.2, 0.25) is 10.0 Å². The Balaban J connectivity index is 1.62. The fourth-order valence-electron chi connectivity index (χ4n) is 3.76. The highest BCUT2D eigenvalue weighted by Crippen LogP contribution is 2.33. The number of rotatable bonds is 4. The van der Waals surface area contributed by atoms with Crippen molar-refractivity contribution in [1.82, 2.24) is 24.1 Å². The van der Waals surface area contributed by atoms with Crippen LogP contribution in [0.2, 0.25) is 0 Å². The second-order valence-corrected chi connectivity index (χ2v) is 8.56. The zero-order chi connectivity index (χ0) is 17.4. The molecular weight excluding hydrogens is 340 g/mol. The molecule has 2 atom stereocenters. The van der Waals surface area contributed by atoms with Gasteiger partial charge in [0.1, 0.15) is 10.7 Å². The molecule has 0 saturated carbocycles. The Labute approximate surface area is 147 Å². The Bertz CT molecular complexity index is 837. The summed E-state index contributed by atoms with van der Waals surface area (Å²) in [7, 11) is -3.52. The van der Waals surface area contributed by atoms with Crippen LogP contribution in [0.4, 0.5) is 5.82 Å². The van der Waals surface area contributed by atoms with E-state index >= 15 is 0 Å². The molecule has 0 aliphatic carbocycles. The van der Waals surface area contributed by atoms with Gasteiger partial charge in [-0.3, -0.25) is 9.67 Å². The second kappa shape index (κ2) is 6.38. The molecule has 3 aliphatic heterocycles. The second-order valence-electron chi connectivity index (χ2n) is 6.67. The van der Waals surface area contributed by atoms with Gasteiger partial charge >= 0.3 is 0 Å². The lowest BCUT2D eigenvalue weighted by molar-refractivity contribution is 0.230. The minimum absolute atomic E-state index is 0.0456. The quantitative estimate of drug-likeness (QED) is 0.806. The lowest BCUT2D eigenvalue weighted by Gasteiger charge is -2.34. The zero-order valence-corrected chi connectivity index (χ0v) is 15.0. The van der Waals surface area contributed by atoms with Crippen molar-refractivity contribution in [2.24, 2.45) is 5.92 Å². The zero-order valence-electron chi connectivity index (χ0n) is 14.2. The van der Waals surface area contributed by atoms with Gasteiger partial charge in [-0.15, -0.1) is 0 Å². The summed E-state index contributed by atoms with van der Waals surface area (Å²) in [6.07, 6.45) is 10.1. The van der Waals surface area contributed by atoms with Crippen molar-refractivity contribution < 1.29 is 8.42 Å². The molecule has 9 heteroatoms. The Hall–Kier alpha value is -2.00. The molecule has 134 valence electrons. The van der Waals surface area contributed by atoms with Gasteiger partial charge in [0.05, 0.1) is 12.4 Å². The minimum Gasteiger partial charge on any atom is -0.353 e. The summed E-state index contributed by atoms with van der Waals surface area (Å²) in [6, 6.07) is -0.0456. The normalized spacial score (nSPS) is 24.4. The van der Waals surface area contributed by atoms with Crippen LogP contribution in [0.15, 0.2) is 35.9 Å². The van der Waals surface area contributed by atoms with Crippen LogP contribution in [-0.2, 0) is 16.6 Å². The number of sulfonamides is 1. The molecule has 5 heterocycles. The highest BCUT2D eigenvalue weighted by atomic mass is 32.2. The summed E-state index contributed by atoms with van der Waals surface area (Å²) >= 11 is 0. The molecule has 8 nitrogen and oxygen atoms in total. The first-order valence-corrected chi connectivity index (χ1v) is 10.1. The number of piperidine rings is 1. The van der Waals surface area contributed by atoms with Gasteiger partial charge in [0.25, 0.3) is 0 Å². The summed E-state index contributed by atoms with van der Waals surface area (Å²) in [5, 5.41) is 4.13. The van der Waals surface area contributed by atoms with Crippen LogP contribution < -0.4 is 4.90 Å². The van der Waals surface area contributed by atoms with Crippen molar-refractivity contribution >= 4 is 15.8 Å². The average molecular weight is 362 g/mol. The summed E-state index contributed by atoms with van der Waals surface area (Å²) in [5.74, 6) is 1.12. The number of aromatic nitrogens is 4. The largest absolute Gasteiger partial charge is 0.353 e. The smallest absolute Gasteiger partial charge is 0.246 e. The fraction of sp³-hybridized carbons (Fsp3) is 0.562. The van der Waals surface area contributed by atoms with Crippen molar-refractivity contribution in [2.75, 3.05) is 24.5 Å². The summed E-state index contributed by atoms with van der Waals surface area (Å²) < 4.78 is 29.6. The number of nitrogens with zero attached hydrogens (tertiary/aromatic N) is 6. The molecule has 0 radical (unpaired) electrons. The number of anilines is 1. The third-order valence-electron chi connectivity index (χ3n) is 5.08. The molecule has 25 heavy (non-hydrogen) atoms. The molecular formula is C16H22N6O2S. The molecule has 3 saturated heterocycles. The van der Waals surface area contributed by atoms with Crippen LogP contribution >= 0.6 is 0 Å². The summed E-state index contributed by atoms with van der Waals surface area (Å²) in [6.45, 7) is 4.62. The molecule has 2 bridgehead atoms. The van der Waals surface area contributed by atoms with E-state index in [1.807, 2.05) is 6.92 Å². The van der Waals surface area contributed by atoms with Gasteiger partial charge < -0.3 is 4.90 Å². The van der Waals surface area contributed by atoms with Crippen LogP contribution in [0.1, 0.15) is 19.8 Å². The number of fused-ring (bicyclic) bond motifs is 4. The van der Waals surface area contributed by atoms with Crippen molar-refractivity contribution in [1.29, 1.82) is 0 Å². The lowest BCUT2D eigenvalue weighted by Crippen LogP contribution is -2.47. The van der Waals surface area contributed by atoms with Gasteiger partial charge in [0.15, 0.2) is 0 Å². The van der Waals surface area contributed by atoms with Crippen LogP contribution in [0.3, 0.4) is 0 Å². The third kappa shape index (κ3) is 3.02. The van der Waals surface area contributed by atoms with E-state index in [9.17, 15) is 8.42 Å². The van der Waals surface area contributed by atoms with E-state index < -0.39 is 10.0 Å². The SMILES string of the molecule is CCn1cc(S(=O)(=O)N2C[C@H]3CC[C@@H]2CN(c2cnccn2)C3)cn1. The molecule has 5 rings (SSSR count). The first kappa shape index (κ1) is 16.5. The molecule has 3 aliphatic rings. The van der Waals surface area contributed by atoms with E-state index in [4.69, 9.17) is 0 Å². The van der Waals surface area contributed by atoms with Crippen LogP contribution in [0, 0.1) is 5.92 Å². The fourth-order valence-corrected chi connectivity index (χ4v) is 5.44. The minimum atomic E-state index is -3.52. The monoisotopic (exact) mass is 362 g/mol. The van der Waals surface area contributed by atoms with E-state index in [1.54, 1.807) is 33.8 Å². The highest BCUT2D eigenvalue weighted by molar-refractivity contribution is 7.89. The maximum Gasteiger partial charge on any atom is 0.246 e. The van der Waals surface area contributed by atoms with Gasteiger partial charge in [-0.25, -0.2) is 13.4 Å². The van der Waals surface area contributed by atoms with Crippen LogP contribution in [0.25, 0.3) is 0 Å². The average Bonchev–Trinajstić information content (AvgIpc) is 2.95. The molecule has 0 amide bonds. The Morgan fingerprint density at radius 3 is 2.76 bits per heavy atom.